The lowest BCUT2D eigenvalue weighted by atomic mass is 10.1. The van der Waals surface area contributed by atoms with Gasteiger partial charge in [-0.2, -0.15) is 10.2 Å². The Morgan fingerprint density at radius 3 is 1.41 bits per heavy atom. The van der Waals surface area contributed by atoms with Crippen LogP contribution in [0.4, 0.5) is 0 Å². The molecule has 0 radical (unpaired) electrons. The van der Waals surface area contributed by atoms with Crippen molar-refractivity contribution in [2.75, 3.05) is 26.3 Å². The Labute approximate surface area is 205 Å². The molecule has 0 saturated heterocycles. The fourth-order valence-electron chi connectivity index (χ4n) is 3.95. The van der Waals surface area contributed by atoms with Gasteiger partial charge in [0.2, 0.25) is 0 Å². The van der Waals surface area contributed by atoms with Crippen molar-refractivity contribution in [1.82, 2.24) is 20.8 Å². The van der Waals surface area contributed by atoms with Gasteiger partial charge in [-0.15, -0.1) is 0 Å². The van der Waals surface area contributed by atoms with Gasteiger partial charge in [-0.1, -0.05) is 65.2 Å². The second-order valence-electron chi connectivity index (χ2n) is 8.98. The summed E-state index contributed by atoms with van der Waals surface area (Å²) in [4.78, 5) is 0. The molecule has 2 aliphatic rings. The zero-order valence-electron chi connectivity index (χ0n) is 21.1. The standard InChI is InChI=1S/C28H42N4O2/c1-3-5-7-9-11-19-33-27-17-13-23(21-29-27)25-15-16-26(32-31-25)24-14-18-28(30-22-24)34-20-12-10-8-6-4-2/h13-18,29-30H,3-12,19-22H2,1-2H3. The molecule has 1 aromatic rings. The second kappa shape index (κ2) is 15.2. The van der Waals surface area contributed by atoms with Crippen LogP contribution < -0.4 is 10.6 Å². The molecule has 0 aliphatic carbocycles. The minimum absolute atomic E-state index is 0.696. The Morgan fingerprint density at radius 1 is 0.618 bits per heavy atom. The van der Waals surface area contributed by atoms with Crippen LogP contribution in [0.3, 0.4) is 0 Å². The van der Waals surface area contributed by atoms with Crippen molar-refractivity contribution in [1.29, 1.82) is 0 Å². The molecule has 0 saturated carbocycles. The molecular weight excluding hydrogens is 424 g/mol. The summed E-state index contributed by atoms with van der Waals surface area (Å²) in [5.41, 5.74) is 4.00. The zero-order chi connectivity index (χ0) is 23.8. The first kappa shape index (κ1) is 25.9. The third-order valence-corrected chi connectivity index (χ3v) is 6.11. The highest BCUT2D eigenvalue weighted by Gasteiger charge is 2.13. The second-order valence-corrected chi connectivity index (χ2v) is 8.98. The van der Waals surface area contributed by atoms with Gasteiger partial charge in [-0.25, -0.2) is 0 Å². The zero-order valence-corrected chi connectivity index (χ0v) is 21.1. The molecule has 3 heterocycles. The predicted molar refractivity (Wildman–Crippen MR) is 140 cm³/mol. The molecule has 1 aromatic heterocycles. The van der Waals surface area contributed by atoms with Crippen molar-refractivity contribution in [3.05, 3.63) is 59.6 Å². The van der Waals surface area contributed by atoms with Crippen LogP contribution in [-0.4, -0.2) is 36.5 Å². The van der Waals surface area contributed by atoms with E-state index >= 15 is 0 Å². The van der Waals surface area contributed by atoms with Gasteiger partial charge in [0.15, 0.2) is 11.8 Å². The summed E-state index contributed by atoms with van der Waals surface area (Å²) in [7, 11) is 0. The van der Waals surface area contributed by atoms with E-state index in [-0.39, 0.29) is 0 Å². The summed E-state index contributed by atoms with van der Waals surface area (Å²) in [6, 6.07) is 4.08. The molecule has 186 valence electrons. The van der Waals surface area contributed by atoms with E-state index in [0.717, 1.165) is 60.4 Å². The van der Waals surface area contributed by atoms with Gasteiger partial charge < -0.3 is 20.1 Å². The number of dihydropyridines is 2. The van der Waals surface area contributed by atoms with Crippen molar-refractivity contribution in [3.8, 4) is 0 Å². The average Bonchev–Trinajstić information content (AvgIpc) is 2.89. The number of aromatic nitrogens is 2. The molecule has 0 aromatic carbocycles. The first-order valence-electron chi connectivity index (χ1n) is 13.2. The lowest BCUT2D eigenvalue weighted by Gasteiger charge is -2.19. The van der Waals surface area contributed by atoms with Gasteiger partial charge in [-0.3, -0.25) is 0 Å². The third kappa shape index (κ3) is 8.88. The van der Waals surface area contributed by atoms with Crippen molar-refractivity contribution in [2.45, 2.75) is 78.1 Å². The topological polar surface area (TPSA) is 68.3 Å². The van der Waals surface area contributed by atoms with E-state index in [9.17, 15) is 0 Å². The van der Waals surface area contributed by atoms with Crippen molar-refractivity contribution >= 4 is 11.1 Å². The number of hydrogen-bond acceptors (Lipinski definition) is 6. The molecular formula is C28H42N4O2. The molecule has 0 unspecified atom stereocenters. The number of rotatable bonds is 16. The maximum atomic E-state index is 5.84. The smallest absolute Gasteiger partial charge is 0.186 e. The summed E-state index contributed by atoms with van der Waals surface area (Å²) in [5.74, 6) is 1.68. The quantitative estimate of drug-likeness (QED) is 0.287. The Kier molecular flexibility index (Phi) is 11.6. The van der Waals surface area contributed by atoms with Crippen molar-refractivity contribution in [3.63, 3.8) is 0 Å². The van der Waals surface area contributed by atoms with Crippen LogP contribution in [0.15, 0.2) is 48.2 Å². The highest BCUT2D eigenvalue weighted by Crippen LogP contribution is 2.19. The van der Waals surface area contributed by atoms with E-state index in [0.29, 0.717) is 13.1 Å². The van der Waals surface area contributed by atoms with Crippen LogP contribution in [0.2, 0.25) is 0 Å². The molecule has 6 heteroatoms. The fourth-order valence-corrected chi connectivity index (χ4v) is 3.95. The third-order valence-electron chi connectivity index (χ3n) is 6.11. The summed E-state index contributed by atoms with van der Waals surface area (Å²) >= 11 is 0. The summed E-state index contributed by atoms with van der Waals surface area (Å²) in [6.45, 7) is 7.40. The minimum Gasteiger partial charge on any atom is -0.479 e. The molecule has 34 heavy (non-hydrogen) atoms. The Hall–Kier alpha value is -2.76. The maximum Gasteiger partial charge on any atom is 0.186 e. The maximum absolute atomic E-state index is 5.84. The van der Waals surface area contributed by atoms with Gasteiger partial charge in [0.05, 0.1) is 24.6 Å². The van der Waals surface area contributed by atoms with E-state index in [2.05, 4.69) is 46.8 Å². The lowest BCUT2D eigenvalue weighted by Crippen LogP contribution is -2.22. The summed E-state index contributed by atoms with van der Waals surface area (Å²) in [5, 5.41) is 15.6. The highest BCUT2D eigenvalue weighted by atomic mass is 16.5. The van der Waals surface area contributed by atoms with Crippen molar-refractivity contribution < 1.29 is 9.47 Å². The average molecular weight is 467 g/mol. The van der Waals surface area contributed by atoms with Gasteiger partial charge in [0.1, 0.15) is 0 Å². The normalized spacial score (nSPS) is 15.4. The van der Waals surface area contributed by atoms with Crippen LogP contribution in [0.1, 0.15) is 89.4 Å². The molecule has 6 nitrogen and oxygen atoms in total. The lowest BCUT2D eigenvalue weighted by molar-refractivity contribution is 0.186. The van der Waals surface area contributed by atoms with Crippen LogP contribution in [0.25, 0.3) is 11.1 Å². The first-order chi connectivity index (χ1) is 16.8. The van der Waals surface area contributed by atoms with Crippen molar-refractivity contribution in [2.24, 2.45) is 0 Å². The molecule has 2 N–H and O–H groups in total. The molecule has 0 amide bonds. The van der Waals surface area contributed by atoms with Gasteiger partial charge >= 0.3 is 0 Å². The first-order valence-corrected chi connectivity index (χ1v) is 13.2. The summed E-state index contributed by atoms with van der Waals surface area (Å²) < 4.78 is 11.7. The van der Waals surface area contributed by atoms with Gasteiger partial charge in [0.25, 0.3) is 0 Å². The number of hydrogen-bond donors (Lipinski definition) is 2. The molecule has 0 fully saturated rings. The predicted octanol–water partition coefficient (Wildman–Crippen LogP) is 6.11. The Bertz CT molecular complexity index is 785. The van der Waals surface area contributed by atoms with E-state index in [1.165, 1.54) is 51.4 Å². The molecule has 0 bridgehead atoms. The van der Waals surface area contributed by atoms with Crippen LogP contribution in [-0.2, 0) is 9.47 Å². The van der Waals surface area contributed by atoms with Gasteiger partial charge in [0, 0.05) is 13.1 Å². The SMILES string of the molecule is CCCCCCCOC1=CC=C(c2ccc(C3=CC=C(OCCCCCCC)NC3)nn2)CN1. The number of nitrogens with zero attached hydrogens (tertiary/aromatic N) is 2. The fraction of sp³-hybridized carbons (Fsp3) is 0.571. The van der Waals surface area contributed by atoms with Crippen LogP contribution in [0, 0.1) is 0 Å². The highest BCUT2D eigenvalue weighted by molar-refractivity contribution is 5.70. The van der Waals surface area contributed by atoms with E-state index in [1.54, 1.807) is 0 Å². The number of allylic oxidation sites excluding steroid dienone is 4. The number of nitrogens with one attached hydrogen (secondary N) is 2. The molecule has 0 atom stereocenters. The molecule has 3 rings (SSSR count). The summed E-state index contributed by atoms with van der Waals surface area (Å²) in [6.07, 6.45) is 20.6. The van der Waals surface area contributed by atoms with E-state index in [4.69, 9.17) is 9.47 Å². The van der Waals surface area contributed by atoms with Gasteiger partial charge in [-0.05, 0) is 60.4 Å². The largest absolute Gasteiger partial charge is 0.479 e. The Balaban J connectivity index is 1.43. The monoisotopic (exact) mass is 466 g/mol. The van der Waals surface area contributed by atoms with Crippen LogP contribution in [0.5, 0.6) is 0 Å². The molecule has 0 spiro atoms. The number of unbranched alkanes of at least 4 members (excludes halogenated alkanes) is 8. The van der Waals surface area contributed by atoms with Crippen LogP contribution >= 0.6 is 0 Å². The minimum atomic E-state index is 0.696. The Morgan fingerprint density at radius 2 is 1.06 bits per heavy atom. The van der Waals surface area contributed by atoms with E-state index in [1.807, 2.05) is 24.3 Å². The molecule has 2 aliphatic heterocycles. The number of ether oxygens (including phenoxy) is 2. The van der Waals surface area contributed by atoms with E-state index < -0.39 is 0 Å².